The van der Waals surface area contributed by atoms with E-state index in [0.29, 0.717) is 17.0 Å². The van der Waals surface area contributed by atoms with Crippen LogP contribution in [-0.4, -0.2) is 29.1 Å². The molecule has 16 heavy (non-hydrogen) atoms. The van der Waals surface area contributed by atoms with Crippen molar-refractivity contribution in [2.45, 2.75) is 33.6 Å². The second-order valence-corrected chi connectivity index (χ2v) is 4.49. The minimum Gasteiger partial charge on any atom is -0.477 e. The maximum absolute atomic E-state index is 11.0. The van der Waals surface area contributed by atoms with Crippen molar-refractivity contribution >= 4 is 22.4 Å². The van der Waals surface area contributed by atoms with Gasteiger partial charge in [0.05, 0.1) is 5.69 Å². The van der Waals surface area contributed by atoms with Gasteiger partial charge in [0.25, 0.3) is 0 Å². The lowest BCUT2D eigenvalue weighted by Crippen LogP contribution is -2.23. The molecule has 90 valence electrons. The van der Waals surface area contributed by atoms with Gasteiger partial charge in [-0.1, -0.05) is 25.2 Å². The molecule has 0 amide bonds. The van der Waals surface area contributed by atoms with Crippen molar-refractivity contribution in [3.8, 4) is 0 Å². The first-order valence-corrected chi connectivity index (χ1v) is 6.43. The highest BCUT2D eigenvalue weighted by molar-refractivity contribution is 7.17. The number of anilines is 1. The van der Waals surface area contributed by atoms with Gasteiger partial charge in [0.2, 0.25) is 0 Å². The van der Waals surface area contributed by atoms with Crippen molar-refractivity contribution in [1.29, 1.82) is 0 Å². The highest BCUT2D eigenvalue weighted by Gasteiger charge is 2.18. The maximum Gasteiger partial charge on any atom is 0.347 e. The van der Waals surface area contributed by atoms with Crippen LogP contribution < -0.4 is 4.90 Å². The van der Waals surface area contributed by atoms with E-state index >= 15 is 0 Å². The third-order valence-electron chi connectivity index (χ3n) is 2.36. The molecule has 4 nitrogen and oxygen atoms in total. The maximum atomic E-state index is 11.0. The van der Waals surface area contributed by atoms with Gasteiger partial charge in [-0.05, 0) is 19.8 Å². The van der Waals surface area contributed by atoms with Crippen LogP contribution in [0, 0.1) is 0 Å². The highest BCUT2D eigenvalue weighted by Crippen LogP contribution is 2.26. The molecule has 1 rings (SSSR count). The molecule has 0 bridgehead atoms. The summed E-state index contributed by atoms with van der Waals surface area (Å²) >= 11 is 1.28. The number of carboxylic acid groups (broad SMARTS) is 1. The molecule has 0 fully saturated rings. The Kier molecular flexibility index (Phi) is 4.73. The van der Waals surface area contributed by atoms with Gasteiger partial charge in [-0.25, -0.2) is 9.78 Å². The van der Waals surface area contributed by atoms with E-state index in [0.717, 1.165) is 24.6 Å². The fourth-order valence-electron chi connectivity index (χ4n) is 1.54. The third-order valence-corrected chi connectivity index (χ3v) is 3.51. The minimum atomic E-state index is -0.867. The van der Waals surface area contributed by atoms with E-state index in [9.17, 15) is 4.79 Å². The predicted molar refractivity (Wildman–Crippen MR) is 66.6 cm³/mol. The predicted octanol–water partition coefficient (Wildman–Crippen LogP) is 2.64. The molecule has 0 saturated carbocycles. The highest BCUT2D eigenvalue weighted by atomic mass is 32.1. The number of thiazole rings is 1. The fourth-order valence-corrected chi connectivity index (χ4v) is 2.62. The van der Waals surface area contributed by atoms with E-state index in [4.69, 9.17) is 5.11 Å². The van der Waals surface area contributed by atoms with Crippen molar-refractivity contribution in [1.82, 2.24) is 4.98 Å². The molecule has 0 unspecified atom stereocenters. The number of carbonyl (C=O) groups is 1. The first-order chi connectivity index (χ1) is 7.63. The molecule has 1 heterocycles. The van der Waals surface area contributed by atoms with Crippen molar-refractivity contribution in [3.63, 3.8) is 0 Å². The molecule has 0 aliphatic rings. The van der Waals surface area contributed by atoms with Crippen molar-refractivity contribution in [2.24, 2.45) is 0 Å². The van der Waals surface area contributed by atoms with Crippen LogP contribution in [-0.2, 0) is 6.42 Å². The summed E-state index contributed by atoms with van der Waals surface area (Å²) in [5.74, 6) is -0.867. The van der Waals surface area contributed by atoms with E-state index in [2.05, 4.69) is 23.7 Å². The van der Waals surface area contributed by atoms with Crippen LogP contribution in [0.25, 0.3) is 0 Å². The van der Waals surface area contributed by atoms with Gasteiger partial charge < -0.3 is 10.0 Å². The van der Waals surface area contributed by atoms with E-state index in [1.165, 1.54) is 11.3 Å². The van der Waals surface area contributed by atoms with Gasteiger partial charge in [-0.3, -0.25) is 0 Å². The number of aromatic nitrogens is 1. The minimum absolute atomic E-state index is 0.382. The van der Waals surface area contributed by atoms with Crippen molar-refractivity contribution < 1.29 is 9.90 Å². The third kappa shape index (κ3) is 2.72. The summed E-state index contributed by atoms with van der Waals surface area (Å²) in [6.07, 6.45) is 1.71. The molecule has 0 radical (unpaired) electrons. The van der Waals surface area contributed by atoms with Gasteiger partial charge in [-0.2, -0.15) is 0 Å². The Morgan fingerprint density at radius 1 is 1.44 bits per heavy atom. The number of aryl methyl sites for hydroxylation is 1. The number of hydrogen-bond acceptors (Lipinski definition) is 4. The Hall–Kier alpha value is -1.10. The van der Waals surface area contributed by atoms with Crippen LogP contribution in [0.4, 0.5) is 5.13 Å². The quantitative estimate of drug-likeness (QED) is 0.833. The van der Waals surface area contributed by atoms with Crippen LogP contribution in [0.5, 0.6) is 0 Å². The molecule has 1 aromatic heterocycles. The van der Waals surface area contributed by atoms with E-state index in [-0.39, 0.29) is 0 Å². The summed E-state index contributed by atoms with van der Waals surface area (Å²) < 4.78 is 0. The number of nitrogens with zero attached hydrogens (tertiary/aromatic N) is 2. The van der Waals surface area contributed by atoms with Crippen molar-refractivity contribution in [3.05, 3.63) is 10.6 Å². The second-order valence-electron chi connectivity index (χ2n) is 3.51. The van der Waals surface area contributed by atoms with Gasteiger partial charge >= 0.3 is 5.97 Å². The summed E-state index contributed by atoms with van der Waals surface area (Å²) in [5, 5.41) is 9.88. The summed E-state index contributed by atoms with van der Waals surface area (Å²) in [7, 11) is 0. The number of rotatable bonds is 6. The largest absolute Gasteiger partial charge is 0.477 e. The van der Waals surface area contributed by atoms with Crippen LogP contribution in [0.1, 0.15) is 42.6 Å². The summed E-state index contributed by atoms with van der Waals surface area (Å²) in [6, 6.07) is 0. The lowest BCUT2D eigenvalue weighted by molar-refractivity contribution is 0.0701. The lowest BCUT2D eigenvalue weighted by Gasteiger charge is -2.18. The van der Waals surface area contributed by atoms with Crippen molar-refractivity contribution in [2.75, 3.05) is 18.0 Å². The summed E-state index contributed by atoms with van der Waals surface area (Å²) in [6.45, 7) is 7.88. The second kappa shape index (κ2) is 5.84. The smallest absolute Gasteiger partial charge is 0.347 e. The zero-order chi connectivity index (χ0) is 12.1. The molecular formula is C11H18N2O2S. The van der Waals surface area contributed by atoms with Gasteiger partial charge in [0.1, 0.15) is 4.88 Å². The molecule has 1 N–H and O–H groups in total. The standard InChI is InChI=1S/C11H18N2O2S/c1-4-7-13(6-3)11-12-8(5-2)9(16-11)10(14)15/h4-7H2,1-3H3,(H,14,15). The monoisotopic (exact) mass is 242 g/mol. The molecule has 0 aliphatic carbocycles. The normalized spacial score (nSPS) is 10.4. The summed E-state index contributed by atoms with van der Waals surface area (Å²) in [4.78, 5) is 17.9. The molecule has 1 aromatic rings. The zero-order valence-electron chi connectivity index (χ0n) is 9.99. The van der Waals surface area contributed by atoms with Crippen LogP contribution >= 0.6 is 11.3 Å². The molecule has 0 saturated heterocycles. The van der Waals surface area contributed by atoms with E-state index in [1.54, 1.807) is 0 Å². The molecule has 0 aromatic carbocycles. The van der Waals surface area contributed by atoms with Gasteiger partial charge in [-0.15, -0.1) is 0 Å². The number of carboxylic acids is 1. The topological polar surface area (TPSA) is 53.4 Å². The fraction of sp³-hybridized carbons (Fsp3) is 0.636. The molecule has 0 atom stereocenters. The average molecular weight is 242 g/mol. The Labute approximate surface area is 99.9 Å². The summed E-state index contributed by atoms with van der Waals surface area (Å²) in [5.41, 5.74) is 0.696. The number of aromatic carboxylic acids is 1. The first kappa shape index (κ1) is 13.0. The molecule has 5 heteroatoms. The van der Waals surface area contributed by atoms with Gasteiger partial charge in [0.15, 0.2) is 5.13 Å². The molecule has 0 aliphatic heterocycles. The average Bonchev–Trinajstić information content (AvgIpc) is 2.69. The van der Waals surface area contributed by atoms with E-state index < -0.39 is 5.97 Å². The molecule has 0 spiro atoms. The Morgan fingerprint density at radius 3 is 2.50 bits per heavy atom. The van der Waals surface area contributed by atoms with Crippen LogP contribution in [0.15, 0.2) is 0 Å². The lowest BCUT2D eigenvalue weighted by atomic mass is 10.3. The Balaban J connectivity index is 3.00. The van der Waals surface area contributed by atoms with Gasteiger partial charge in [0, 0.05) is 13.1 Å². The number of hydrogen-bond donors (Lipinski definition) is 1. The van der Waals surface area contributed by atoms with E-state index in [1.807, 2.05) is 6.92 Å². The zero-order valence-corrected chi connectivity index (χ0v) is 10.8. The SMILES string of the molecule is CCCN(CC)c1nc(CC)c(C(=O)O)s1. The Bertz CT molecular complexity index is 363. The Morgan fingerprint density at radius 2 is 2.12 bits per heavy atom. The first-order valence-electron chi connectivity index (χ1n) is 5.61. The van der Waals surface area contributed by atoms with Crippen LogP contribution in [0.3, 0.4) is 0 Å². The molecular weight excluding hydrogens is 224 g/mol. The van der Waals surface area contributed by atoms with Crippen LogP contribution in [0.2, 0.25) is 0 Å².